The smallest absolute Gasteiger partial charge is 0.133 e. The van der Waals surface area contributed by atoms with Crippen molar-refractivity contribution in [2.24, 2.45) is 5.73 Å². The van der Waals surface area contributed by atoms with Crippen LogP contribution in [0.15, 0.2) is 22.9 Å². The molecule has 1 aliphatic rings. The Labute approximate surface area is 102 Å². The molecule has 5 heteroatoms. The number of thiophene rings is 1. The first kappa shape index (κ1) is 10.4. The molecule has 1 saturated heterocycles. The van der Waals surface area contributed by atoms with E-state index in [2.05, 4.69) is 21.8 Å². The zero-order valence-corrected chi connectivity index (χ0v) is 10.3. The summed E-state index contributed by atoms with van der Waals surface area (Å²) in [5, 5.41) is 5.18. The van der Waals surface area contributed by atoms with Gasteiger partial charge >= 0.3 is 0 Å². The molecule has 1 atom stereocenters. The molecule has 2 N–H and O–H groups in total. The molecule has 0 spiro atoms. The lowest BCUT2D eigenvalue weighted by Crippen LogP contribution is -2.37. The van der Waals surface area contributed by atoms with E-state index in [0.717, 1.165) is 23.7 Å². The van der Waals surface area contributed by atoms with Gasteiger partial charge in [-0.15, -0.1) is 22.7 Å². The largest absolute Gasteiger partial charge is 0.379 e. The summed E-state index contributed by atoms with van der Waals surface area (Å²) in [5.41, 5.74) is 6.87. The van der Waals surface area contributed by atoms with Gasteiger partial charge in [0, 0.05) is 12.0 Å². The van der Waals surface area contributed by atoms with Gasteiger partial charge in [0.25, 0.3) is 0 Å². The quantitative estimate of drug-likeness (QED) is 0.893. The normalized spacial score (nSPS) is 25.1. The molecule has 1 unspecified atom stereocenters. The molecule has 84 valence electrons. The fourth-order valence-electron chi connectivity index (χ4n) is 1.80. The molecule has 3 heterocycles. The van der Waals surface area contributed by atoms with Crippen molar-refractivity contribution in [2.75, 3.05) is 13.2 Å². The Morgan fingerprint density at radius 3 is 3.06 bits per heavy atom. The van der Waals surface area contributed by atoms with E-state index in [0.29, 0.717) is 6.61 Å². The van der Waals surface area contributed by atoms with Gasteiger partial charge in [-0.2, -0.15) is 0 Å². The number of hydrogen-bond donors (Lipinski definition) is 1. The summed E-state index contributed by atoms with van der Waals surface area (Å²) < 4.78 is 5.36. The highest BCUT2D eigenvalue weighted by Gasteiger charge is 2.34. The van der Waals surface area contributed by atoms with E-state index in [-0.39, 0.29) is 5.54 Å². The van der Waals surface area contributed by atoms with Crippen LogP contribution < -0.4 is 5.73 Å². The number of ether oxygens (including phenoxy) is 1. The summed E-state index contributed by atoms with van der Waals surface area (Å²) in [6, 6.07) is 4.12. The van der Waals surface area contributed by atoms with Crippen molar-refractivity contribution in [1.29, 1.82) is 0 Å². The minimum absolute atomic E-state index is 0.369. The molecule has 3 rings (SSSR count). The van der Waals surface area contributed by atoms with E-state index in [4.69, 9.17) is 10.5 Å². The predicted molar refractivity (Wildman–Crippen MR) is 66.7 cm³/mol. The minimum atomic E-state index is -0.369. The topological polar surface area (TPSA) is 48.1 Å². The van der Waals surface area contributed by atoms with Crippen LogP contribution in [0.5, 0.6) is 0 Å². The van der Waals surface area contributed by atoms with Gasteiger partial charge in [-0.1, -0.05) is 6.07 Å². The number of hydrogen-bond acceptors (Lipinski definition) is 5. The minimum Gasteiger partial charge on any atom is -0.379 e. The number of aromatic nitrogens is 1. The maximum Gasteiger partial charge on any atom is 0.133 e. The number of rotatable bonds is 2. The first-order valence-corrected chi connectivity index (χ1v) is 6.90. The Morgan fingerprint density at radius 1 is 1.44 bits per heavy atom. The van der Waals surface area contributed by atoms with Gasteiger partial charge in [-0.3, -0.25) is 0 Å². The standard InChI is InChI=1S/C11H12N2OS2/c12-11(3-4-14-7-11)9-6-16-10(13-9)8-2-1-5-15-8/h1-2,5-6H,3-4,7,12H2. The monoisotopic (exact) mass is 252 g/mol. The van der Waals surface area contributed by atoms with Crippen molar-refractivity contribution in [1.82, 2.24) is 4.98 Å². The lowest BCUT2D eigenvalue weighted by atomic mass is 9.97. The molecular formula is C11H12N2OS2. The van der Waals surface area contributed by atoms with Crippen molar-refractivity contribution in [3.05, 3.63) is 28.6 Å². The molecule has 1 aliphatic heterocycles. The van der Waals surface area contributed by atoms with Crippen LogP contribution in [0.4, 0.5) is 0 Å². The van der Waals surface area contributed by atoms with Crippen LogP contribution >= 0.6 is 22.7 Å². The highest BCUT2D eigenvalue weighted by Crippen LogP contribution is 2.33. The Kier molecular flexibility index (Phi) is 2.55. The number of thiazole rings is 1. The highest BCUT2D eigenvalue weighted by atomic mass is 32.1. The molecule has 16 heavy (non-hydrogen) atoms. The Bertz CT molecular complexity index is 472. The van der Waals surface area contributed by atoms with E-state index in [9.17, 15) is 0 Å². The second-order valence-electron chi connectivity index (χ2n) is 3.97. The van der Waals surface area contributed by atoms with E-state index >= 15 is 0 Å². The Morgan fingerprint density at radius 2 is 2.38 bits per heavy atom. The van der Waals surface area contributed by atoms with Crippen molar-refractivity contribution in [3.8, 4) is 9.88 Å². The van der Waals surface area contributed by atoms with Crippen molar-refractivity contribution >= 4 is 22.7 Å². The zero-order valence-electron chi connectivity index (χ0n) is 8.68. The fourth-order valence-corrected chi connectivity index (χ4v) is 3.54. The maximum absolute atomic E-state index is 6.27. The maximum atomic E-state index is 6.27. The summed E-state index contributed by atoms with van der Waals surface area (Å²) >= 11 is 3.36. The van der Waals surface area contributed by atoms with Crippen LogP contribution in [0.25, 0.3) is 9.88 Å². The first-order valence-electron chi connectivity index (χ1n) is 5.14. The van der Waals surface area contributed by atoms with E-state index in [1.54, 1.807) is 22.7 Å². The third-order valence-electron chi connectivity index (χ3n) is 2.80. The van der Waals surface area contributed by atoms with Gasteiger partial charge < -0.3 is 10.5 Å². The molecule has 3 nitrogen and oxygen atoms in total. The Balaban J connectivity index is 1.93. The zero-order chi connectivity index (χ0) is 11.0. The van der Waals surface area contributed by atoms with Crippen LogP contribution in [0.2, 0.25) is 0 Å². The molecule has 0 aromatic carbocycles. The Hall–Kier alpha value is -0.750. The molecule has 0 radical (unpaired) electrons. The van der Waals surface area contributed by atoms with Gasteiger partial charge in [0.15, 0.2) is 0 Å². The summed E-state index contributed by atoms with van der Waals surface area (Å²) in [5.74, 6) is 0. The molecule has 1 fully saturated rings. The third-order valence-corrected chi connectivity index (χ3v) is 4.68. The lowest BCUT2D eigenvalue weighted by Gasteiger charge is -2.18. The summed E-state index contributed by atoms with van der Waals surface area (Å²) in [6.07, 6.45) is 0.862. The van der Waals surface area contributed by atoms with Gasteiger partial charge in [0.05, 0.1) is 22.7 Å². The first-order chi connectivity index (χ1) is 7.78. The molecular weight excluding hydrogens is 240 g/mol. The van der Waals surface area contributed by atoms with Crippen molar-refractivity contribution in [2.45, 2.75) is 12.0 Å². The van der Waals surface area contributed by atoms with E-state index in [1.807, 2.05) is 6.07 Å². The molecule has 0 aliphatic carbocycles. The SMILES string of the molecule is NC1(c2csc(-c3cccs3)n2)CCOC1. The van der Waals surface area contributed by atoms with Crippen LogP contribution in [0, 0.1) is 0 Å². The predicted octanol–water partition coefficient (Wildman–Crippen LogP) is 2.45. The fraction of sp³-hybridized carbons (Fsp3) is 0.364. The average Bonchev–Trinajstić information content (AvgIpc) is 2.98. The van der Waals surface area contributed by atoms with E-state index in [1.165, 1.54) is 4.88 Å². The van der Waals surface area contributed by atoms with Crippen LogP contribution in [-0.2, 0) is 10.3 Å². The molecule has 0 saturated carbocycles. The summed E-state index contributed by atoms with van der Waals surface area (Å²) in [6.45, 7) is 1.32. The van der Waals surface area contributed by atoms with Crippen molar-refractivity contribution in [3.63, 3.8) is 0 Å². The number of nitrogens with two attached hydrogens (primary N) is 1. The van der Waals surface area contributed by atoms with E-state index < -0.39 is 0 Å². The van der Waals surface area contributed by atoms with Crippen LogP contribution in [-0.4, -0.2) is 18.2 Å². The van der Waals surface area contributed by atoms with Crippen LogP contribution in [0.3, 0.4) is 0 Å². The van der Waals surface area contributed by atoms with Gasteiger partial charge in [-0.25, -0.2) is 4.98 Å². The van der Waals surface area contributed by atoms with Gasteiger partial charge in [0.2, 0.25) is 0 Å². The molecule has 0 bridgehead atoms. The second kappa shape index (κ2) is 3.92. The second-order valence-corrected chi connectivity index (χ2v) is 5.78. The summed E-state index contributed by atoms with van der Waals surface area (Å²) in [4.78, 5) is 5.84. The van der Waals surface area contributed by atoms with Gasteiger partial charge in [0.1, 0.15) is 5.01 Å². The number of nitrogens with zero attached hydrogens (tertiary/aromatic N) is 1. The third kappa shape index (κ3) is 1.69. The van der Waals surface area contributed by atoms with Crippen LogP contribution in [0.1, 0.15) is 12.1 Å². The van der Waals surface area contributed by atoms with Crippen molar-refractivity contribution < 1.29 is 4.74 Å². The van der Waals surface area contributed by atoms with Gasteiger partial charge in [-0.05, 0) is 17.9 Å². The lowest BCUT2D eigenvalue weighted by molar-refractivity contribution is 0.177. The average molecular weight is 252 g/mol. The summed E-state index contributed by atoms with van der Waals surface area (Å²) in [7, 11) is 0. The highest BCUT2D eigenvalue weighted by molar-refractivity contribution is 7.20. The molecule has 0 amide bonds. The molecule has 2 aromatic heterocycles. The molecule has 2 aromatic rings.